The van der Waals surface area contributed by atoms with Crippen molar-refractivity contribution in [2.75, 3.05) is 47.5 Å². The second kappa shape index (κ2) is 77.0. The number of hydrogen-bond acceptors (Lipinski definition) is 8. The standard InChI is InChI=1S/C86H161NO8/c1-6-8-10-12-14-16-18-20-22-24-26-28-30-32-34-36-38-40-42-44-46-48-50-52-54-56-58-60-62-64-66-68-70-72-74-76-83(88)93-80-82(81-94-86(85(90)91)92-79-78-87(3,4)5)95-84(89)77-75-73-71-69-67-65-63-61-59-57-55-53-51-49-47-45-43-41-39-37-35-33-31-29-27-25-23-21-19-17-15-13-11-9-7-2/h9,11,15,17,21,23,27,29,82,86H,6-8,10,12-14,16,18-20,22,24-26,28,30-81H2,1-5H3/b11-9-,17-15-,23-21-,29-27-. The number of ether oxygens (including phenoxy) is 4. The van der Waals surface area contributed by atoms with Crippen LogP contribution in [0.5, 0.6) is 0 Å². The van der Waals surface area contributed by atoms with Gasteiger partial charge in [0.25, 0.3) is 0 Å². The number of unbranched alkanes of at least 4 members (excludes halogenated alkanes) is 56. The molecule has 0 aliphatic carbocycles. The summed E-state index contributed by atoms with van der Waals surface area (Å²) in [6.07, 6.45) is 98.3. The predicted octanol–water partition coefficient (Wildman–Crippen LogP) is 25.5. The lowest BCUT2D eigenvalue weighted by Crippen LogP contribution is -2.44. The van der Waals surface area contributed by atoms with Crippen LogP contribution in [0.2, 0.25) is 0 Å². The highest BCUT2D eigenvalue weighted by atomic mass is 16.7. The number of esters is 2. The average molecular weight is 1340 g/mol. The maximum Gasteiger partial charge on any atom is 0.306 e. The van der Waals surface area contributed by atoms with E-state index in [0.717, 1.165) is 64.2 Å². The Balaban J connectivity index is 3.94. The Morgan fingerprint density at radius 1 is 0.326 bits per heavy atom. The van der Waals surface area contributed by atoms with Crippen LogP contribution in [0.25, 0.3) is 0 Å². The Labute approximate surface area is 591 Å². The summed E-state index contributed by atoms with van der Waals surface area (Å²) in [5.74, 6) is -2.25. The van der Waals surface area contributed by atoms with Crippen LogP contribution in [-0.4, -0.2) is 82.3 Å². The second-order valence-corrected chi connectivity index (χ2v) is 29.8. The Kier molecular flexibility index (Phi) is 74.8. The van der Waals surface area contributed by atoms with Crippen molar-refractivity contribution in [3.8, 4) is 0 Å². The van der Waals surface area contributed by atoms with Gasteiger partial charge in [-0.05, 0) is 51.4 Å². The van der Waals surface area contributed by atoms with Gasteiger partial charge in [-0.3, -0.25) is 9.59 Å². The van der Waals surface area contributed by atoms with E-state index in [9.17, 15) is 19.5 Å². The molecule has 0 N–H and O–H groups in total. The number of aliphatic carboxylic acids is 1. The molecule has 0 rings (SSSR count). The Bertz CT molecular complexity index is 1700. The first-order valence-corrected chi connectivity index (χ1v) is 41.8. The van der Waals surface area contributed by atoms with Gasteiger partial charge < -0.3 is 33.3 Å². The fourth-order valence-corrected chi connectivity index (χ4v) is 12.8. The van der Waals surface area contributed by atoms with Crippen LogP contribution >= 0.6 is 0 Å². The fraction of sp³-hybridized carbons (Fsp3) is 0.872. The van der Waals surface area contributed by atoms with Crippen molar-refractivity contribution in [3.05, 3.63) is 48.6 Å². The summed E-state index contributed by atoms with van der Waals surface area (Å²) in [6, 6.07) is 0. The smallest absolute Gasteiger partial charge is 0.306 e. The third-order valence-electron chi connectivity index (χ3n) is 19.1. The van der Waals surface area contributed by atoms with Gasteiger partial charge in [-0.25, -0.2) is 0 Å². The largest absolute Gasteiger partial charge is 0.545 e. The first kappa shape index (κ1) is 92.2. The molecule has 0 aromatic heterocycles. The molecule has 0 saturated carbocycles. The lowest BCUT2D eigenvalue weighted by molar-refractivity contribution is -0.870. The topological polar surface area (TPSA) is 111 Å². The minimum Gasteiger partial charge on any atom is -0.545 e. The van der Waals surface area contributed by atoms with Gasteiger partial charge in [0.2, 0.25) is 0 Å². The molecule has 95 heavy (non-hydrogen) atoms. The van der Waals surface area contributed by atoms with Gasteiger partial charge in [0, 0.05) is 12.8 Å². The number of carbonyl (C=O) groups excluding carboxylic acids is 3. The van der Waals surface area contributed by atoms with E-state index in [1.807, 2.05) is 21.1 Å². The molecule has 0 aliphatic rings. The summed E-state index contributed by atoms with van der Waals surface area (Å²) in [5, 5.41) is 11.9. The van der Waals surface area contributed by atoms with E-state index in [2.05, 4.69) is 62.5 Å². The Hall–Kier alpha value is -2.75. The zero-order valence-corrected chi connectivity index (χ0v) is 64.1. The van der Waals surface area contributed by atoms with Gasteiger partial charge in [-0.2, -0.15) is 0 Å². The molecule has 2 atom stereocenters. The highest BCUT2D eigenvalue weighted by Crippen LogP contribution is 2.20. The van der Waals surface area contributed by atoms with Gasteiger partial charge >= 0.3 is 11.9 Å². The maximum absolute atomic E-state index is 13.0. The summed E-state index contributed by atoms with van der Waals surface area (Å²) in [5.41, 5.74) is 0. The zero-order chi connectivity index (χ0) is 69.0. The third kappa shape index (κ3) is 78.5. The number of likely N-dealkylation sites (N-methyl/N-ethyl adjacent to an activating group) is 1. The van der Waals surface area contributed by atoms with Crippen molar-refractivity contribution >= 4 is 17.9 Å². The van der Waals surface area contributed by atoms with Gasteiger partial charge in [0.15, 0.2) is 12.4 Å². The van der Waals surface area contributed by atoms with E-state index in [-0.39, 0.29) is 32.2 Å². The number of nitrogens with zero attached hydrogens (tertiary/aromatic N) is 1. The molecule has 2 unspecified atom stereocenters. The van der Waals surface area contributed by atoms with Crippen molar-refractivity contribution < 1.29 is 42.9 Å². The summed E-state index contributed by atoms with van der Waals surface area (Å²) in [4.78, 5) is 37.6. The van der Waals surface area contributed by atoms with Gasteiger partial charge in [0.05, 0.1) is 40.3 Å². The van der Waals surface area contributed by atoms with Crippen LogP contribution in [0, 0.1) is 0 Å². The molecule has 9 nitrogen and oxygen atoms in total. The number of rotatable bonds is 79. The Morgan fingerprint density at radius 3 is 0.895 bits per heavy atom. The maximum atomic E-state index is 13.0. The second-order valence-electron chi connectivity index (χ2n) is 29.8. The van der Waals surface area contributed by atoms with Crippen LogP contribution in [0.1, 0.15) is 425 Å². The molecule has 0 aliphatic heterocycles. The van der Waals surface area contributed by atoms with Crippen molar-refractivity contribution in [2.45, 2.75) is 437 Å². The van der Waals surface area contributed by atoms with Gasteiger partial charge in [0.1, 0.15) is 13.2 Å². The lowest BCUT2D eigenvalue weighted by atomic mass is 10.0. The summed E-state index contributed by atoms with van der Waals surface area (Å²) < 4.78 is 22.9. The van der Waals surface area contributed by atoms with E-state index in [4.69, 9.17) is 18.9 Å². The first-order chi connectivity index (χ1) is 46.6. The number of carboxylic acids is 1. The number of carboxylic acid groups (broad SMARTS) is 1. The van der Waals surface area contributed by atoms with E-state index in [1.165, 1.54) is 334 Å². The SMILES string of the molecule is CC/C=C\C/C=C\C/C=C\C/C=C\CCCCCCCCCCCCCCCCCCCCCCCCC(=O)OC(COC(=O)CCCCCCCCCCCCCCCCCCCCCCCCCCCCCCCCCCCCC)COC(OCC[N+](C)(C)C)C(=O)[O-]. The van der Waals surface area contributed by atoms with Crippen LogP contribution in [0.4, 0.5) is 0 Å². The fourth-order valence-electron chi connectivity index (χ4n) is 12.8. The molecular formula is C86H161NO8. The number of hydrogen-bond donors (Lipinski definition) is 0. The molecule has 0 heterocycles. The van der Waals surface area contributed by atoms with Crippen molar-refractivity contribution in [1.29, 1.82) is 0 Å². The lowest BCUT2D eigenvalue weighted by Gasteiger charge is -2.26. The van der Waals surface area contributed by atoms with E-state index >= 15 is 0 Å². The molecule has 0 spiro atoms. The van der Waals surface area contributed by atoms with Crippen molar-refractivity contribution in [2.24, 2.45) is 0 Å². The van der Waals surface area contributed by atoms with Crippen molar-refractivity contribution in [1.82, 2.24) is 0 Å². The summed E-state index contributed by atoms with van der Waals surface area (Å²) in [7, 11) is 5.95. The molecule has 9 heteroatoms. The number of carbonyl (C=O) groups is 3. The molecule has 0 amide bonds. The Morgan fingerprint density at radius 2 is 0.600 bits per heavy atom. The number of allylic oxidation sites excluding steroid dienone is 8. The molecule has 0 aromatic rings. The van der Waals surface area contributed by atoms with Crippen LogP contribution in [0.15, 0.2) is 48.6 Å². The van der Waals surface area contributed by atoms with Crippen molar-refractivity contribution in [3.63, 3.8) is 0 Å². The van der Waals surface area contributed by atoms with Crippen LogP contribution < -0.4 is 5.11 Å². The van der Waals surface area contributed by atoms with Crippen LogP contribution in [-0.2, 0) is 33.3 Å². The van der Waals surface area contributed by atoms with Crippen LogP contribution in [0.3, 0.4) is 0 Å². The third-order valence-corrected chi connectivity index (χ3v) is 19.1. The van der Waals surface area contributed by atoms with E-state index < -0.39 is 24.3 Å². The first-order valence-electron chi connectivity index (χ1n) is 41.8. The average Bonchev–Trinajstić information content (AvgIpc) is 3.58. The van der Waals surface area contributed by atoms with E-state index in [0.29, 0.717) is 17.4 Å². The highest BCUT2D eigenvalue weighted by molar-refractivity contribution is 5.70. The quantitative estimate of drug-likeness (QED) is 0.0195. The molecule has 0 aromatic carbocycles. The van der Waals surface area contributed by atoms with Gasteiger partial charge in [-0.15, -0.1) is 0 Å². The predicted molar refractivity (Wildman–Crippen MR) is 408 cm³/mol. The summed E-state index contributed by atoms with van der Waals surface area (Å²) >= 11 is 0. The van der Waals surface area contributed by atoms with Gasteiger partial charge in [-0.1, -0.05) is 409 Å². The molecule has 0 radical (unpaired) electrons. The minimum atomic E-state index is -1.62. The summed E-state index contributed by atoms with van der Waals surface area (Å²) in [6.45, 7) is 4.72. The minimum absolute atomic E-state index is 0.151. The molecular weight excluding hydrogens is 1170 g/mol. The zero-order valence-electron chi connectivity index (χ0n) is 64.1. The molecule has 0 bridgehead atoms. The number of quaternary nitrogens is 1. The normalized spacial score (nSPS) is 12.8. The molecule has 0 fully saturated rings. The highest BCUT2D eigenvalue weighted by Gasteiger charge is 2.22. The molecule has 558 valence electrons. The molecule has 0 saturated heterocycles. The van der Waals surface area contributed by atoms with E-state index in [1.54, 1.807) is 0 Å². The monoisotopic (exact) mass is 1340 g/mol.